The zero-order chi connectivity index (χ0) is 15.2. The van der Waals surface area contributed by atoms with E-state index < -0.39 is 5.97 Å². The third kappa shape index (κ3) is 4.23. The molecule has 0 spiro atoms. The normalized spacial score (nSPS) is 11.7. The monoisotopic (exact) mass is 298 g/mol. The van der Waals surface area contributed by atoms with Crippen LogP contribution in [0.1, 0.15) is 24.2 Å². The number of rotatable bonds is 5. The van der Waals surface area contributed by atoms with Crippen molar-refractivity contribution in [3.63, 3.8) is 0 Å². The van der Waals surface area contributed by atoms with Crippen LogP contribution in [-0.4, -0.2) is 5.97 Å². The molecule has 0 fully saturated rings. The molecule has 0 bridgehead atoms. The average Bonchev–Trinajstić information content (AvgIpc) is 2.50. The van der Waals surface area contributed by atoms with E-state index in [1.807, 2.05) is 31.2 Å². The summed E-state index contributed by atoms with van der Waals surface area (Å²) >= 11 is 1.67. The molecular formula is C18H18O2S. The third-order valence-electron chi connectivity index (χ3n) is 3.07. The van der Waals surface area contributed by atoms with Gasteiger partial charge in [0.1, 0.15) is 6.10 Å². The van der Waals surface area contributed by atoms with Gasteiger partial charge in [-0.05, 0) is 32.0 Å². The molecule has 0 radical (unpaired) electrons. The molecule has 21 heavy (non-hydrogen) atoms. The molecule has 108 valence electrons. The van der Waals surface area contributed by atoms with Crippen LogP contribution >= 0.6 is 11.8 Å². The summed E-state index contributed by atoms with van der Waals surface area (Å²) in [4.78, 5) is 13.6. The second-order valence-corrected chi connectivity index (χ2v) is 5.85. The lowest BCUT2D eigenvalue weighted by Crippen LogP contribution is -2.06. The Bertz CT molecular complexity index is 632. The zero-order valence-electron chi connectivity index (χ0n) is 12.2. The number of esters is 1. The quantitative estimate of drug-likeness (QED) is 0.578. The van der Waals surface area contributed by atoms with Crippen molar-refractivity contribution in [2.24, 2.45) is 0 Å². The minimum atomic E-state index is -0.405. The lowest BCUT2D eigenvalue weighted by Gasteiger charge is -2.16. The van der Waals surface area contributed by atoms with E-state index in [2.05, 4.69) is 37.8 Å². The largest absolute Gasteiger partial charge is 0.455 e. The number of aryl methyl sites for hydroxylation is 1. The minimum absolute atomic E-state index is 0.301. The third-order valence-corrected chi connectivity index (χ3v) is 4.16. The maximum absolute atomic E-state index is 11.4. The molecule has 2 aromatic rings. The van der Waals surface area contributed by atoms with Crippen LogP contribution in [0.15, 0.2) is 71.0 Å². The highest BCUT2D eigenvalue weighted by atomic mass is 32.2. The molecular weight excluding hydrogens is 280 g/mol. The Morgan fingerprint density at radius 1 is 1.19 bits per heavy atom. The number of hydrogen-bond donors (Lipinski definition) is 0. The van der Waals surface area contributed by atoms with E-state index in [1.54, 1.807) is 11.8 Å². The second-order valence-electron chi connectivity index (χ2n) is 4.74. The Kier molecular flexibility index (Phi) is 5.23. The van der Waals surface area contributed by atoms with Crippen molar-refractivity contribution in [1.29, 1.82) is 0 Å². The van der Waals surface area contributed by atoms with Crippen molar-refractivity contribution >= 4 is 17.7 Å². The summed E-state index contributed by atoms with van der Waals surface area (Å²) in [7, 11) is 0. The van der Waals surface area contributed by atoms with Gasteiger partial charge in [0.25, 0.3) is 0 Å². The fourth-order valence-electron chi connectivity index (χ4n) is 1.93. The molecule has 0 saturated heterocycles. The lowest BCUT2D eigenvalue weighted by molar-refractivity contribution is -0.142. The Labute approximate surface area is 129 Å². The maximum Gasteiger partial charge on any atom is 0.330 e. The van der Waals surface area contributed by atoms with E-state index in [0.29, 0.717) is 0 Å². The molecule has 0 amide bonds. The number of benzene rings is 2. The van der Waals surface area contributed by atoms with Gasteiger partial charge in [0.15, 0.2) is 0 Å². The van der Waals surface area contributed by atoms with Crippen molar-refractivity contribution in [3.05, 3.63) is 72.3 Å². The highest BCUT2D eigenvalue weighted by molar-refractivity contribution is 7.99. The van der Waals surface area contributed by atoms with Gasteiger partial charge in [-0.1, -0.05) is 54.2 Å². The summed E-state index contributed by atoms with van der Waals surface area (Å²) in [5.41, 5.74) is 2.24. The van der Waals surface area contributed by atoms with Crippen LogP contribution in [0.3, 0.4) is 0 Å². The van der Waals surface area contributed by atoms with E-state index >= 15 is 0 Å². The number of carbonyl (C=O) groups is 1. The van der Waals surface area contributed by atoms with Gasteiger partial charge in [-0.15, -0.1) is 0 Å². The highest BCUT2D eigenvalue weighted by Crippen LogP contribution is 2.34. The van der Waals surface area contributed by atoms with E-state index in [-0.39, 0.29) is 6.10 Å². The first kappa shape index (κ1) is 15.4. The molecule has 1 atom stereocenters. The molecule has 0 aliphatic heterocycles. The second kappa shape index (κ2) is 7.14. The van der Waals surface area contributed by atoms with E-state index in [0.717, 1.165) is 15.4 Å². The van der Waals surface area contributed by atoms with Gasteiger partial charge >= 0.3 is 5.97 Å². The Morgan fingerprint density at radius 3 is 2.52 bits per heavy atom. The summed E-state index contributed by atoms with van der Waals surface area (Å²) in [6.45, 7) is 7.37. The number of hydrogen-bond acceptors (Lipinski definition) is 3. The first-order chi connectivity index (χ1) is 10.1. The predicted molar refractivity (Wildman–Crippen MR) is 86.4 cm³/mol. The van der Waals surface area contributed by atoms with Gasteiger partial charge in [0, 0.05) is 21.4 Å². The molecule has 0 N–H and O–H groups in total. The summed E-state index contributed by atoms with van der Waals surface area (Å²) in [6.07, 6.45) is 0.885. The van der Waals surface area contributed by atoms with Crippen molar-refractivity contribution in [3.8, 4) is 0 Å². The van der Waals surface area contributed by atoms with Crippen LogP contribution < -0.4 is 0 Å². The van der Waals surface area contributed by atoms with Crippen LogP contribution in [0.25, 0.3) is 0 Å². The fourth-order valence-corrected chi connectivity index (χ4v) is 2.95. The smallest absolute Gasteiger partial charge is 0.330 e. The molecule has 0 aromatic heterocycles. The van der Waals surface area contributed by atoms with Crippen molar-refractivity contribution < 1.29 is 9.53 Å². The lowest BCUT2D eigenvalue weighted by atomic mass is 10.1. The van der Waals surface area contributed by atoms with Gasteiger partial charge < -0.3 is 4.74 Å². The Balaban J connectivity index is 2.22. The van der Waals surface area contributed by atoms with Gasteiger partial charge in [0.2, 0.25) is 0 Å². The first-order valence-electron chi connectivity index (χ1n) is 6.76. The molecule has 0 saturated carbocycles. The SMILES string of the molecule is C=CC(=O)O[C@H](C)c1ccccc1Sc1ccc(C)cc1. The van der Waals surface area contributed by atoms with Crippen molar-refractivity contribution in [2.45, 2.75) is 29.7 Å². The van der Waals surface area contributed by atoms with Gasteiger partial charge in [-0.2, -0.15) is 0 Å². The molecule has 2 rings (SSSR count). The topological polar surface area (TPSA) is 26.3 Å². The van der Waals surface area contributed by atoms with Crippen LogP contribution in [0.4, 0.5) is 0 Å². The standard InChI is InChI=1S/C18H18O2S/c1-4-18(19)20-14(3)16-7-5-6-8-17(16)21-15-11-9-13(2)10-12-15/h4-12,14H,1H2,2-3H3/t14-/m1/s1. The highest BCUT2D eigenvalue weighted by Gasteiger charge is 2.14. The molecule has 0 aliphatic rings. The van der Waals surface area contributed by atoms with Gasteiger partial charge in [0.05, 0.1) is 0 Å². The van der Waals surface area contributed by atoms with E-state index in [9.17, 15) is 4.79 Å². The molecule has 3 heteroatoms. The molecule has 0 unspecified atom stereocenters. The van der Waals surface area contributed by atoms with Gasteiger partial charge in [-0.3, -0.25) is 0 Å². The van der Waals surface area contributed by atoms with Crippen molar-refractivity contribution in [1.82, 2.24) is 0 Å². The zero-order valence-corrected chi connectivity index (χ0v) is 13.0. The first-order valence-corrected chi connectivity index (χ1v) is 7.58. The predicted octanol–water partition coefficient (Wildman–Crippen LogP) is 4.94. The van der Waals surface area contributed by atoms with Crippen LogP contribution in [0.2, 0.25) is 0 Å². The average molecular weight is 298 g/mol. The molecule has 0 heterocycles. The molecule has 0 aliphatic carbocycles. The minimum Gasteiger partial charge on any atom is -0.455 e. The Morgan fingerprint density at radius 2 is 1.86 bits per heavy atom. The number of carbonyl (C=O) groups excluding carboxylic acids is 1. The maximum atomic E-state index is 11.4. The van der Waals surface area contributed by atoms with Crippen LogP contribution in [0.5, 0.6) is 0 Å². The molecule has 2 nitrogen and oxygen atoms in total. The summed E-state index contributed by atoms with van der Waals surface area (Å²) < 4.78 is 5.31. The molecule has 2 aromatic carbocycles. The fraction of sp³-hybridized carbons (Fsp3) is 0.167. The summed E-state index contributed by atoms with van der Waals surface area (Å²) in [6, 6.07) is 16.3. The van der Waals surface area contributed by atoms with Crippen LogP contribution in [-0.2, 0) is 9.53 Å². The van der Waals surface area contributed by atoms with Gasteiger partial charge in [-0.25, -0.2) is 4.79 Å². The Hall–Kier alpha value is -2.00. The van der Waals surface area contributed by atoms with Crippen LogP contribution in [0, 0.1) is 6.92 Å². The summed E-state index contributed by atoms with van der Waals surface area (Å²) in [5, 5.41) is 0. The van der Waals surface area contributed by atoms with E-state index in [4.69, 9.17) is 4.74 Å². The number of ether oxygens (including phenoxy) is 1. The van der Waals surface area contributed by atoms with E-state index in [1.165, 1.54) is 11.6 Å². The summed E-state index contributed by atoms with van der Waals surface area (Å²) in [5.74, 6) is -0.405. The van der Waals surface area contributed by atoms with Crippen molar-refractivity contribution in [2.75, 3.05) is 0 Å².